The standard InChI is InChI=1S/C72H137NO3/c1-3-5-7-9-11-13-15-17-19-21-23-25-27-29-31-33-35-36-38-40-42-44-46-48-50-52-54-56-58-60-62-64-66-68-72(76)73-70(69-74)71(75)67-65-63-61-59-57-55-53-51-49-47-45-43-41-39-37-34-32-30-28-26-24-22-20-18-16-14-12-10-8-6-4-2/h15,17,21,23,57,59,65,67,70-71,74-75H,3-14,16,18-20,22,24-56,58,60-64,66,68-69H2,1-2H3,(H,73,76)/b17-15-,23-21-,59-57+,67-65+. The van der Waals surface area contributed by atoms with E-state index in [1.807, 2.05) is 6.08 Å². The minimum atomic E-state index is -0.864. The summed E-state index contributed by atoms with van der Waals surface area (Å²) in [6.07, 6.45) is 94.9. The molecule has 0 rings (SSSR count). The molecule has 0 radical (unpaired) electrons. The van der Waals surface area contributed by atoms with Gasteiger partial charge in [0.05, 0.1) is 18.8 Å². The van der Waals surface area contributed by atoms with E-state index in [0.29, 0.717) is 6.42 Å². The number of unbranched alkanes of at least 4 members (excludes halogenated alkanes) is 52. The van der Waals surface area contributed by atoms with Gasteiger partial charge >= 0.3 is 0 Å². The zero-order valence-corrected chi connectivity index (χ0v) is 51.8. The molecule has 0 fully saturated rings. The number of allylic oxidation sites excluding steroid dienone is 7. The van der Waals surface area contributed by atoms with Gasteiger partial charge in [0.15, 0.2) is 0 Å². The number of carbonyl (C=O) groups excluding carboxylic acids is 1. The number of hydrogen-bond donors (Lipinski definition) is 3. The maximum atomic E-state index is 12.5. The summed E-state index contributed by atoms with van der Waals surface area (Å²) in [5, 5.41) is 23.3. The first-order chi connectivity index (χ1) is 37.7. The number of aliphatic hydroxyl groups is 2. The summed E-state index contributed by atoms with van der Waals surface area (Å²) in [5.74, 6) is -0.0666. The summed E-state index contributed by atoms with van der Waals surface area (Å²) in [6, 6.07) is -0.640. The van der Waals surface area contributed by atoms with Crippen molar-refractivity contribution in [2.24, 2.45) is 0 Å². The monoisotopic (exact) mass is 1060 g/mol. The smallest absolute Gasteiger partial charge is 0.220 e. The third-order valence-electron chi connectivity index (χ3n) is 16.3. The van der Waals surface area contributed by atoms with Crippen molar-refractivity contribution in [3.63, 3.8) is 0 Å². The minimum Gasteiger partial charge on any atom is -0.394 e. The van der Waals surface area contributed by atoms with Crippen LogP contribution in [0.1, 0.15) is 386 Å². The van der Waals surface area contributed by atoms with Gasteiger partial charge in [0.1, 0.15) is 0 Å². The normalized spacial score (nSPS) is 12.9. The fraction of sp³-hybridized carbons (Fsp3) is 0.875. The molecule has 0 aliphatic carbocycles. The van der Waals surface area contributed by atoms with E-state index in [0.717, 1.165) is 38.5 Å². The molecular formula is C72H137NO3. The molecule has 0 aromatic heterocycles. The molecule has 0 saturated carbocycles. The van der Waals surface area contributed by atoms with E-state index in [2.05, 4.69) is 55.6 Å². The fourth-order valence-electron chi connectivity index (χ4n) is 11.0. The van der Waals surface area contributed by atoms with Crippen LogP contribution in [0, 0.1) is 0 Å². The summed E-state index contributed by atoms with van der Waals surface area (Å²) in [4.78, 5) is 12.5. The molecule has 4 heteroatoms. The van der Waals surface area contributed by atoms with E-state index in [1.165, 1.54) is 327 Å². The predicted molar refractivity (Wildman–Crippen MR) is 341 cm³/mol. The van der Waals surface area contributed by atoms with Crippen LogP contribution in [-0.2, 0) is 4.79 Å². The van der Waals surface area contributed by atoms with Gasteiger partial charge < -0.3 is 15.5 Å². The van der Waals surface area contributed by atoms with Crippen molar-refractivity contribution >= 4 is 5.91 Å². The summed E-state index contributed by atoms with van der Waals surface area (Å²) >= 11 is 0. The van der Waals surface area contributed by atoms with Crippen molar-refractivity contribution in [3.05, 3.63) is 48.6 Å². The fourth-order valence-corrected chi connectivity index (χ4v) is 11.0. The second-order valence-corrected chi connectivity index (χ2v) is 23.9. The first-order valence-electron chi connectivity index (χ1n) is 34.9. The zero-order valence-electron chi connectivity index (χ0n) is 51.8. The minimum absolute atomic E-state index is 0.0666. The van der Waals surface area contributed by atoms with Crippen LogP contribution in [0.2, 0.25) is 0 Å². The van der Waals surface area contributed by atoms with E-state index in [9.17, 15) is 15.0 Å². The molecule has 2 unspecified atom stereocenters. The zero-order chi connectivity index (χ0) is 54.8. The van der Waals surface area contributed by atoms with E-state index >= 15 is 0 Å². The quantitative estimate of drug-likeness (QED) is 0.0420. The third-order valence-corrected chi connectivity index (χ3v) is 16.3. The first kappa shape index (κ1) is 74.3. The molecule has 2 atom stereocenters. The van der Waals surface area contributed by atoms with Crippen molar-refractivity contribution in [1.82, 2.24) is 5.32 Å². The molecule has 3 N–H and O–H groups in total. The van der Waals surface area contributed by atoms with Crippen LogP contribution in [-0.4, -0.2) is 34.9 Å². The Morgan fingerprint density at radius 1 is 0.316 bits per heavy atom. The summed E-state index contributed by atoms with van der Waals surface area (Å²) in [5.41, 5.74) is 0. The van der Waals surface area contributed by atoms with Crippen molar-refractivity contribution in [2.75, 3.05) is 6.61 Å². The lowest BCUT2D eigenvalue weighted by molar-refractivity contribution is -0.123. The van der Waals surface area contributed by atoms with Crippen molar-refractivity contribution in [1.29, 1.82) is 0 Å². The SMILES string of the molecule is CCCCCCC/C=C\C/C=C\CCCCCCCCCCCCCCCCCCCCCCCC(=O)NC(CO)C(O)/C=C/CC/C=C/CCCCCCCCCCCCCCCCCCCCCCCCCCC. The molecule has 0 aliphatic rings. The van der Waals surface area contributed by atoms with Crippen LogP contribution >= 0.6 is 0 Å². The average Bonchev–Trinajstić information content (AvgIpc) is 3.42. The first-order valence-corrected chi connectivity index (χ1v) is 34.9. The molecular weight excluding hydrogens is 927 g/mol. The highest BCUT2D eigenvalue weighted by molar-refractivity contribution is 5.76. The summed E-state index contributed by atoms with van der Waals surface area (Å²) in [6.45, 7) is 4.33. The van der Waals surface area contributed by atoms with Gasteiger partial charge in [-0.15, -0.1) is 0 Å². The lowest BCUT2D eigenvalue weighted by Crippen LogP contribution is -2.45. The van der Waals surface area contributed by atoms with Crippen LogP contribution in [0.4, 0.5) is 0 Å². The molecule has 448 valence electrons. The van der Waals surface area contributed by atoms with Gasteiger partial charge in [-0.25, -0.2) is 0 Å². The number of hydrogen-bond acceptors (Lipinski definition) is 3. The number of nitrogens with one attached hydrogen (secondary N) is 1. The van der Waals surface area contributed by atoms with E-state index in [-0.39, 0.29) is 12.5 Å². The lowest BCUT2D eigenvalue weighted by Gasteiger charge is -2.19. The van der Waals surface area contributed by atoms with Gasteiger partial charge in [-0.2, -0.15) is 0 Å². The van der Waals surface area contributed by atoms with E-state index < -0.39 is 12.1 Å². The largest absolute Gasteiger partial charge is 0.394 e. The van der Waals surface area contributed by atoms with Crippen molar-refractivity contribution < 1.29 is 15.0 Å². The van der Waals surface area contributed by atoms with Gasteiger partial charge in [0.2, 0.25) is 5.91 Å². The second-order valence-electron chi connectivity index (χ2n) is 23.9. The molecule has 0 aromatic carbocycles. The van der Waals surface area contributed by atoms with E-state index in [1.54, 1.807) is 6.08 Å². The molecule has 0 heterocycles. The molecule has 0 aliphatic heterocycles. The average molecular weight is 1060 g/mol. The third kappa shape index (κ3) is 63.2. The Bertz CT molecular complexity index is 1210. The summed E-state index contributed by atoms with van der Waals surface area (Å²) < 4.78 is 0. The van der Waals surface area contributed by atoms with Crippen LogP contribution in [0.25, 0.3) is 0 Å². The number of amides is 1. The molecule has 0 saturated heterocycles. The molecule has 0 bridgehead atoms. The molecule has 0 spiro atoms. The topological polar surface area (TPSA) is 69.6 Å². The Labute approximate surface area is 477 Å². The highest BCUT2D eigenvalue weighted by Crippen LogP contribution is 2.19. The Kier molecular flexibility index (Phi) is 66.2. The molecule has 1 amide bonds. The Hall–Kier alpha value is -1.65. The van der Waals surface area contributed by atoms with Gasteiger partial charge in [-0.3, -0.25) is 4.79 Å². The molecule has 0 aromatic rings. The maximum Gasteiger partial charge on any atom is 0.220 e. The molecule has 76 heavy (non-hydrogen) atoms. The molecule has 4 nitrogen and oxygen atoms in total. The maximum absolute atomic E-state index is 12.5. The van der Waals surface area contributed by atoms with Gasteiger partial charge in [-0.05, 0) is 64.2 Å². The highest BCUT2D eigenvalue weighted by atomic mass is 16.3. The predicted octanol–water partition coefficient (Wildman–Crippen LogP) is 23.7. The van der Waals surface area contributed by atoms with Crippen molar-refractivity contribution in [3.8, 4) is 0 Å². The second kappa shape index (κ2) is 67.6. The van der Waals surface area contributed by atoms with E-state index in [4.69, 9.17) is 0 Å². The van der Waals surface area contributed by atoms with Gasteiger partial charge in [0.25, 0.3) is 0 Å². The highest BCUT2D eigenvalue weighted by Gasteiger charge is 2.18. The van der Waals surface area contributed by atoms with Crippen molar-refractivity contribution in [2.45, 2.75) is 398 Å². The van der Waals surface area contributed by atoms with Gasteiger partial charge in [0, 0.05) is 6.42 Å². The Balaban J connectivity index is 3.45. The number of rotatable bonds is 65. The van der Waals surface area contributed by atoms with Crippen LogP contribution < -0.4 is 5.32 Å². The Morgan fingerprint density at radius 3 is 0.842 bits per heavy atom. The lowest BCUT2D eigenvalue weighted by atomic mass is 10.0. The van der Waals surface area contributed by atoms with Crippen LogP contribution in [0.5, 0.6) is 0 Å². The summed E-state index contributed by atoms with van der Waals surface area (Å²) in [7, 11) is 0. The number of aliphatic hydroxyl groups excluding tert-OH is 2. The Morgan fingerprint density at radius 2 is 0.553 bits per heavy atom. The number of carbonyl (C=O) groups is 1. The van der Waals surface area contributed by atoms with Crippen LogP contribution in [0.15, 0.2) is 48.6 Å². The van der Waals surface area contributed by atoms with Gasteiger partial charge in [-0.1, -0.05) is 364 Å². The van der Waals surface area contributed by atoms with Crippen LogP contribution in [0.3, 0.4) is 0 Å².